The Morgan fingerprint density at radius 3 is 2.75 bits per heavy atom. The van der Waals surface area contributed by atoms with Crippen LogP contribution >= 0.6 is 11.3 Å². The van der Waals surface area contributed by atoms with Crippen molar-refractivity contribution in [3.05, 3.63) is 10.9 Å². The quantitative estimate of drug-likeness (QED) is 0.753. The molecule has 0 radical (unpaired) electrons. The first kappa shape index (κ1) is 15.0. The molecule has 0 unspecified atom stereocenters. The van der Waals surface area contributed by atoms with Crippen LogP contribution in [0.1, 0.15) is 38.5 Å². The lowest BCUT2D eigenvalue weighted by atomic mass is 10.1. The average Bonchev–Trinajstić information content (AvgIpc) is 2.86. The lowest BCUT2D eigenvalue weighted by Crippen LogP contribution is -2.07. The minimum atomic E-state index is 0.688. The number of nitrogens with one attached hydrogen (secondary N) is 2. The van der Waals surface area contributed by atoms with Gasteiger partial charge in [-0.05, 0) is 31.2 Å². The van der Waals surface area contributed by atoms with E-state index in [0.717, 1.165) is 34.9 Å². The van der Waals surface area contributed by atoms with E-state index in [0.29, 0.717) is 5.95 Å². The molecule has 0 atom stereocenters. The van der Waals surface area contributed by atoms with Crippen molar-refractivity contribution in [2.24, 2.45) is 5.92 Å². The molecule has 4 nitrogen and oxygen atoms in total. The minimum Gasteiger partial charge on any atom is -0.369 e. The summed E-state index contributed by atoms with van der Waals surface area (Å²) in [5.41, 5.74) is 0. The van der Waals surface area contributed by atoms with Gasteiger partial charge in [0.05, 0.1) is 5.39 Å². The Labute approximate surface area is 125 Å². The highest BCUT2D eigenvalue weighted by Crippen LogP contribution is 2.30. The van der Waals surface area contributed by atoms with Crippen LogP contribution in [-0.4, -0.2) is 23.6 Å². The summed E-state index contributed by atoms with van der Waals surface area (Å²) in [6, 6.07) is 2.21. The fourth-order valence-electron chi connectivity index (χ4n) is 2.11. The van der Waals surface area contributed by atoms with E-state index in [2.05, 4.69) is 47.4 Å². The number of hydrogen-bond acceptors (Lipinski definition) is 5. The van der Waals surface area contributed by atoms with Crippen LogP contribution in [0.5, 0.6) is 0 Å². The zero-order valence-corrected chi connectivity index (χ0v) is 13.6. The number of thiophene rings is 1. The molecule has 0 aliphatic carbocycles. The van der Waals surface area contributed by atoms with Gasteiger partial charge in [-0.3, -0.25) is 0 Å². The highest BCUT2D eigenvalue weighted by atomic mass is 32.1. The largest absolute Gasteiger partial charge is 0.369 e. The van der Waals surface area contributed by atoms with Crippen LogP contribution in [0, 0.1) is 5.92 Å². The lowest BCUT2D eigenvalue weighted by molar-refractivity contribution is 0.567. The topological polar surface area (TPSA) is 49.8 Å². The van der Waals surface area contributed by atoms with Gasteiger partial charge in [-0.25, -0.2) is 4.98 Å². The van der Waals surface area contributed by atoms with Crippen LogP contribution in [0.15, 0.2) is 6.07 Å². The average molecular weight is 292 g/mol. The summed E-state index contributed by atoms with van der Waals surface area (Å²) >= 11 is 1.75. The first-order valence-corrected chi connectivity index (χ1v) is 8.17. The number of aromatic nitrogens is 2. The van der Waals surface area contributed by atoms with Gasteiger partial charge in [-0.2, -0.15) is 4.98 Å². The first-order valence-electron chi connectivity index (χ1n) is 7.36. The third-order valence-corrected chi connectivity index (χ3v) is 4.44. The molecular formula is C15H24N4S. The Kier molecular flexibility index (Phi) is 5.17. The molecule has 20 heavy (non-hydrogen) atoms. The van der Waals surface area contributed by atoms with E-state index < -0.39 is 0 Å². The molecule has 2 N–H and O–H groups in total. The van der Waals surface area contributed by atoms with E-state index >= 15 is 0 Å². The van der Waals surface area contributed by atoms with Crippen molar-refractivity contribution in [2.75, 3.05) is 24.2 Å². The molecule has 0 bridgehead atoms. The van der Waals surface area contributed by atoms with Crippen LogP contribution in [0.2, 0.25) is 0 Å². The van der Waals surface area contributed by atoms with Crippen molar-refractivity contribution in [3.8, 4) is 0 Å². The van der Waals surface area contributed by atoms with Gasteiger partial charge in [-0.15, -0.1) is 11.3 Å². The third kappa shape index (κ3) is 3.60. The van der Waals surface area contributed by atoms with Crippen molar-refractivity contribution < 1.29 is 0 Å². The summed E-state index contributed by atoms with van der Waals surface area (Å²) in [4.78, 5) is 11.5. The van der Waals surface area contributed by atoms with Crippen molar-refractivity contribution in [1.29, 1.82) is 0 Å². The minimum absolute atomic E-state index is 0.688. The van der Waals surface area contributed by atoms with Crippen LogP contribution in [0.3, 0.4) is 0 Å². The van der Waals surface area contributed by atoms with E-state index in [1.165, 1.54) is 17.7 Å². The second-order valence-corrected chi connectivity index (χ2v) is 6.51. The van der Waals surface area contributed by atoms with Crippen molar-refractivity contribution in [1.82, 2.24) is 9.97 Å². The molecule has 0 aliphatic heterocycles. The number of hydrogen-bond donors (Lipinski definition) is 2. The molecule has 110 valence electrons. The Morgan fingerprint density at radius 2 is 2.10 bits per heavy atom. The Balaban J connectivity index is 2.18. The second-order valence-electron chi connectivity index (χ2n) is 5.39. The molecule has 0 saturated carbocycles. The molecule has 0 aromatic carbocycles. The maximum absolute atomic E-state index is 4.56. The smallest absolute Gasteiger partial charge is 0.225 e. The van der Waals surface area contributed by atoms with Gasteiger partial charge in [0.15, 0.2) is 0 Å². The number of aryl methyl sites for hydroxylation is 1. The monoisotopic (exact) mass is 292 g/mol. The van der Waals surface area contributed by atoms with Crippen molar-refractivity contribution in [2.45, 2.75) is 40.0 Å². The number of rotatable bonds is 7. The van der Waals surface area contributed by atoms with Crippen LogP contribution < -0.4 is 10.6 Å². The van der Waals surface area contributed by atoms with Gasteiger partial charge in [0.1, 0.15) is 10.6 Å². The predicted octanol–water partition coefficient (Wildman–Crippen LogP) is 4.14. The molecule has 0 amide bonds. The van der Waals surface area contributed by atoms with E-state index in [1.54, 1.807) is 11.3 Å². The normalized spacial score (nSPS) is 11.2. The number of fused-ring (bicyclic) bond motifs is 1. The number of nitrogens with zero attached hydrogens (tertiary/aromatic N) is 2. The molecule has 2 aromatic heterocycles. The third-order valence-electron chi connectivity index (χ3n) is 3.27. The summed E-state index contributed by atoms with van der Waals surface area (Å²) in [6.45, 7) is 7.65. The molecule has 2 heterocycles. The molecule has 2 aromatic rings. The highest BCUT2D eigenvalue weighted by molar-refractivity contribution is 7.18. The van der Waals surface area contributed by atoms with Gasteiger partial charge in [-0.1, -0.05) is 20.8 Å². The number of anilines is 2. The fourth-order valence-corrected chi connectivity index (χ4v) is 3.08. The summed E-state index contributed by atoms with van der Waals surface area (Å²) in [5, 5.41) is 7.66. The van der Waals surface area contributed by atoms with Gasteiger partial charge < -0.3 is 10.6 Å². The van der Waals surface area contributed by atoms with Crippen LogP contribution in [0.25, 0.3) is 10.2 Å². The van der Waals surface area contributed by atoms with Gasteiger partial charge in [0.2, 0.25) is 5.95 Å². The molecule has 0 aliphatic rings. The zero-order chi connectivity index (χ0) is 14.5. The second kappa shape index (κ2) is 6.88. The van der Waals surface area contributed by atoms with Crippen LogP contribution in [0.4, 0.5) is 11.8 Å². The Bertz CT molecular complexity index is 562. The van der Waals surface area contributed by atoms with E-state index in [4.69, 9.17) is 0 Å². The van der Waals surface area contributed by atoms with Gasteiger partial charge >= 0.3 is 0 Å². The first-order chi connectivity index (χ1) is 9.63. The zero-order valence-electron chi connectivity index (χ0n) is 12.8. The van der Waals surface area contributed by atoms with Crippen molar-refractivity contribution in [3.63, 3.8) is 0 Å². The lowest BCUT2D eigenvalue weighted by Gasteiger charge is -2.09. The SMILES string of the molecule is CCc1cc2c(NCCCC(C)C)nc(NC)nc2s1. The van der Waals surface area contributed by atoms with Gasteiger partial charge in [0, 0.05) is 18.5 Å². The summed E-state index contributed by atoms with van der Waals surface area (Å²) < 4.78 is 0. The molecule has 2 rings (SSSR count). The molecule has 0 fully saturated rings. The molecule has 0 spiro atoms. The fraction of sp³-hybridized carbons (Fsp3) is 0.600. The molecule has 5 heteroatoms. The standard InChI is InChI=1S/C15H24N4S/c1-5-11-9-12-13(17-8-6-7-10(2)3)18-15(16-4)19-14(12)20-11/h9-10H,5-8H2,1-4H3,(H2,16,17,18,19). The Morgan fingerprint density at radius 1 is 1.30 bits per heavy atom. The summed E-state index contributed by atoms with van der Waals surface area (Å²) in [6.07, 6.45) is 3.45. The van der Waals surface area contributed by atoms with E-state index in [-0.39, 0.29) is 0 Å². The van der Waals surface area contributed by atoms with Crippen molar-refractivity contribution >= 4 is 33.3 Å². The maximum Gasteiger partial charge on any atom is 0.225 e. The molecular weight excluding hydrogens is 268 g/mol. The highest BCUT2D eigenvalue weighted by Gasteiger charge is 2.10. The Hall–Kier alpha value is -1.36. The predicted molar refractivity (Wildman–Crippen MR) is 88.9 cm³/mol. The summed E-state index contributed by atoms with van der Waals surface area (Å²) in [5.74, 6) is 2.40. The van der Waals surface area contributed by atoms with Gasteiger partial charge in [0.25, 0.3) is 0 Å². The van der Waals surface area contributed by atoms with E-state index in [1.807, 2.05) is 7.05 Å². The molecule has 0 saturated heterocycles. The maximum atomic E-state index is 4.56. The van der Waals surface area contributed by atoms with Crippen LogP contribution in [-0.2, 0) is 6.42 Å². The summed E-state index contributed by atoms with van der Waals surface area (Å²) in [7, 11) is 1.86. The van der Waals surface area contributed by atoms with E-state index in [9.17, 15) is 0 Å².